The van der Waals surface area contributed by atoms with Crippen molar-refractivity contribution in [3.8, 4) is 0 Å². The van der Waals surface area contributed by atoms with Crippen molar-refractivity contribution < 1.29 is 12.3 Å². The molecule has 0 aromatic carbocycles. The van der Waals surface area contributed by atoms with Gasteiger partial charge in [-0.15, -0.1) is 0 Å². The van der Waals surface area contributed by atoms with Gasteiger partial charge in [0, 0.05) is 16.0 Å². The van der Waals surface area contributed by atoms with Gasteiger partial charge in [0.15, 0.2) is 0 Å². The van der Waals surface area contributed by atoms with Gasteiger partial charge in [0.2, 0.25) is 0 Å². The molecule has 0 spiro atoms. The molecule has 4 nitrogen and oxygen atoms in total. The first-order valence-corrected chi connectivity index (χ1v) is 6.92. The van der Waals surface area contributed by atoms with E-state index in [0.29, 0.717) is 13.2 Å². The molecule has 0 aliphatic heterocycles. The van der Waals surface area contributed by atoms with Crippen LogP contribution in [0.1, 0.15) is 35.5 Å². The SMILES string of the molecule is CCOCCOCCNCCCCCCNC.[HH].[HH]. The van der Waals surface area contributed by atoms with Crippen LogP contribution in [0.2, 0.25) is 0 Å². The summed E-state index contributed by atoms with van der Waals surface area (Å²) in [6, 6.07) is 0. The standard InChI is InChI=1S/C13H30N2O2.2H2/c1-3-16-12-13-17-11-10-15-9-7-5-4-6-8-14-2;;/h14-15H,3-13H2,1-2H3;2*1H. The maximum atomic E-state index is 5.40. The van der Waals surface area contributed by atoms with E-state index in [0.717, 1.165) is 32.8 Å². The van der Waals surface area contributed by atoms with Crippen molar-refractivity contribution in [1.29, 1.82) is 0 Å². The molecule has 0 saturated carbocycles. The summed E-state index contributed by atoms with van der Waals surface area (Å²) in [6.07, 6.45) is 5.20. The Labute approximate surface area is 109 Å². The van der Waals surface area contributed by atoms with Crippen molar-refractivity contribution >= 4 is 0 Å². The van der Waals surface area contributed by atoms with Crippen LogP contribution in [0.4, 0.5) is 0 Å². The van der Waals surface area contributed by atoms with E-state index in [2.05, 4.69) is 10.6 Å². The smallest absolute Gasteiger partial charge is 0.0701 e. The zero-order valence-corrected chi connectivity index (χ0v) is 11.6. The quantitative estimate of drug-likeness (QED) is 0.462. The van der Waals surface area contributed by atoms with Crippen LogP contribution in [0.25, 0.3) is 0 Å². The van der Waals surface area contributed by atoms with E-state index in [4.69, 9.17) is 9.47 Å². The Kier molecular flexibility index (Phi) is 15.7. The molecule has 4 heteroatoms. The molecular formula is C13H34N2O2. The van der Waals surface area contributed by atoms with Gasteiger partial charge >= 0.3 is 0 Å². The van der Waals surface area contributed by atoms with E-state index in [-0.39, 0.29) is 2.85 Å². The topological polar surface area (TPSA) is 42.5 Å². The predicted molar refractivity (Wildman–Crippen MR) is 76.8 cm³/mol. The van der Waals surface area contributed by atoms with Gasteiger partial charge in [0.25, 0.3) is 0 Å². The van der Waals surface area contributed by atoms with Gasteiger partial charge in [-0.25, -0.2) is 0 Å². The first-order valence-electron chi connectivity index (χ1n) is 6.92. The van der Waals surface area contributed by atoms with Crippen LogP contribution in [-0.2, 0) is 9.47 Å². The summed E-state index contributed by atoms with van der Waals surface area (Å²) < 4.78 is 10.6. The molecule has 0 aliphatic rings. The van der Waals surface area contributed by atoms with Gasteiger partial charge in [0.1, 0.15) is 0 Å². The van der Waals surface area contributed by atoms with Crippen LogP contribution in [0.3, 0.4) is 0 Å². The van der Waals surface area contributed by atoms with Crippen molar-refractivity contribution in [3.63, 3.8) is 0 Å². The first-order chi connectivity index (χ1) is 8.41. The van der Waals surface area contributed by atoms with E-state index in [1.165, 1.54) is 25.7 Å². The largest absolute Gasteiger partial charge is 0.379 e. The number of rotatable bonds is 14. The molecule has 108 valence electrons. The second-order valence-electron chi connectivity index (χ2n) is 4.08. The van der Waals surface area contributed by atoms with E-state index in [1.807, 2.05) is 14.0 Å². The highest BCUT2D eigenvalue weighted by Gasteiger charge is 1.91. The third kappa shape index (κ3) is 15.8. The normalized spacial score (nSPS) is 10.9. The van der Waals surface area contributed by atoms with E-state index < -0.39 is 0 Å². The molecule has 0 amide bonds. The fraction of sp³-hybridized carbons (Fsp3) is 1.00. The minimum Gasteiger partial charge on any atom is -0.379 e. The minimum absolute atomic E-state index is 0. The lowest BCUT2D eigenvalue weighted by Gasteiger charge is -2.06. The Balaban J connectivity index is -0.00000128. The summed E-state index contributed by atoms with van der Waals surface area (Å²) in [6.45, 7) is 8.17. The second-order valence-corrected chi connectivity index (χ2v) is 4.08. The maximum Gasteiger partial charge on any atom is 0.0701 e. The van der Waals surface area contributed by atoms with Crippen LogP contribution in [0.5, 0.6) is 0 Å². The van der Waals surface area contributed by atoms with Crippen molar-refractivity contribution in [3.05, 3.63) is 0 Å². The van der Waals surface area contributed by atoms with Crippen molar-refractivity contribution in [2.45, 2.75) is 32.6 Å². The zero-order valence-electron chi connectivity index (χ0n) is 11.6. The molecule has 0 fully saturated rings. The molecular weight excluding hydrogens is 216 g/mol. The monoisotopic (exact) mass is 250 g/mol. The van der Waals surface area contributed by atoms with Gasteiger partial charge in [-0.3, -0.25) is 0 Å². The van der Waals surface area contributed by atoms with E-state index in [1.54, 1.807) is 0 Å². The Hall–Kier alpha value is -0.160. The van der Waals surface area contributed by atoms with Crippen LogP contribution >= 0.6 is 0 Å². The molecule has 0 heterocycles. The van der Waals surface area contributed by atoms with Gasteiger partial charge in [-0.1, -0.05) is 12.8 Å². The van der Waals surface area contributed by atoms with Crippen LogP contribution in [-0.4, -0.2) is 53.1 Å². The Morgan fingerprint density at radius 1 is 0.824 bits per heavy atom. The summed E-state index contributed by atoms with van der Waals surface area (Å²) in [7, 11) is 2.01. The molecule has 0 saturated heterocycles. The summed E-state index contributed by atoms with van der Waals surface area (Å²) >= 11 is 0. The van der Waals surface area contributed by atoms with Crippen LogP contribution in [0, 0.1) is 0 Å². The number of unbranched alkanes of at least 4 members (excludes halogenated alkanes) is 3. The zero-order chi connectivity index (χ0) is 12.6. The molecule has 2 N–H and O–H groups in total. The number of ether oxygens (including phenoxy) is 2. The lowest BCUT2D eigenvalue weighted by molar-refractivity contribution is 0.0540. The van der Waals surface area contributed by atoms with E-state index >= 15 is 0 Å². The lowest BCUT2D eigenvalue weighted by atomic mass is 10.2. The average molecular weight is 250 g/mol. The minimum atomic E-state index is 0. The molecule has 17 heavy (non-hydrogen) atoms. The Morgan fingerprint density at radius 2 is 1.53 bits per heavy atom. The van der Waals surface area contributed by atoms with E-state index in [9.17, 15) is 0 Å². The van der Waals surface area contributed by atoms with Gasteiger partial charge < -0.3 is 20.1 Å². The van der Waals surface area contributed by atoms with Crippen LogP contribution in [0.15, 0.2) is 0 Å². The average Bonchev–Trinajstić information content (AvgIpc) is 2.35. The highest BCUT2D eigenvalue weighted by atomic mass is 16.5. The van der Waals surface area contributed by atoms with Gasteiger partial charge in [0.05, 0.1) is 19.8 Å². The number of nitrogens with one attached hydrogen (secondary N) is 2. The lowest BCUT2D eigenvalue weighted by Crippen LogP contribution is -2.21. The summed E-state index contributed by atoms with van der Waals surface area (Å²) in [5.41, 5.74) is 0. The van der Waals surface area contributed by atoms with Crippen molar-refractivity contribution in [2.24, 2.45) is 0 Å². The maximum absolute atomic E-state index is 5.40. The van der Waals surface area contributed by atoms with Crippen LogP contribution < -0.4 is 10.6 Å². The Bertz CT molecular complexity index is 130. The second kappa shape index (κ2) is 15.8. The summed E-state index contributed by atoms with van der Waals surface area (Å²) in [5.74, 6) is 0. The molecule has 0 unspecified atom stereocenters. The molecule has 0 radical (unpaired) electrons. The highest BCUT2D eigenvalue weighted by Crippen LogP contribution is 1.97. The molecule has 0 aliphatic carbocycles. The third-order valence-corrected chi connectivity index (χ3v) is 2.53. The highest BCUT2D eigenvalue weighted by molar-refractivity contribution is 4.50. The molecule has 0 aromatic heterocycles. The van der Waals surface area contributed by atoms with Crippen molar-refractivity contribution in [1.82, 2.24) is 10.6 Å². The molecule has 0 rings (SSSR count). The first kappa shape index (κ1) is 16.8. The molecule has 0 atom stereocenters. The van der Waals surface area contributed by atoms with Crippen molar-refractivity contribution in [2.75, 3.05) is 53.1 Å². The summed E-state index contributed by atoms with van der Waals surface area (Å²) in [5, 5.41) is 6.55. The number of hydrogen-bond acceptors (Lipinski definition) is 4. The predicted octanol–water partition coefficient (Wildman–Crippen LogP) is 1.90. The third-order valence-electron chi connectivity index (χ3n) is 2.53. The fourth-order valence-corrected chi connectivity index (χ4v) is 1.54. The summed E-state index contributed by atoms with van der Waals surface area (Å²) in [4.78, 5) is 0. The Morgan fingerprint density at radius 3 is 2.24 bits per heavy atom. The molecule has 0 aromatic rings. The molecule has 0 bridgehead atoms. The van der Waals surface area contributed by atoms with Gasteiger partial charge in [-0.05, 0) is 39.9 Å². The van der Waals surface area contributed by atoms with Gasteiger partial charge in [-0.2, -0.15) is 0 Å². The number of hydrogen-bond donors (Lipinski definition) is 2. The fourth-order valence-electron chi connectivity index (χ4n) is 1.54.